The van der Waals surface area contributed by atoms with Crippen LogP contribution in [-0.2, 0) is 0 Å². The van der Waals surface area contributed by atoms with Gasteiger partial charge in [-0.2, -0.15) is 0 Å². The van der Waals surface area contributed by atoms with E-state index in [1.807, 2.05) is 0 Å². The number of hydrogen-bond acceptors (Lipinski definition) is 6. The second-order valence-electron chi connectivity index (χ2n) is 4.33. The number of rotatable bonds is 4. The Balaban J connectivity index is 0.00000264. The molecule has 0 saturated carbocycles. The molecular formula is C14H6K2O8. The summed E-state index contributed by atoms with van der Waals surface area (Å²) >= 11 is 0. The predicted octanol–water partition coefficient (Wildman–Crippen LogP) is -7.03. The number of carbonyl (C=O) groups excluding carboxylic acids is 2. The fourth-order valence-corrected chi connectivity index (χ4v) is 2.05. The van der Waals surface area contributed by atoms with Crippen LogP contribution in [0.5, 0.6) is 0 Å². The van der Waals surface area contributed by atoms with Gasteiger partial charge in [0, 0.05) is 0 Å². The summed E-state index contributed by atoms with van der Waals surface area (Å²) in [5.74, 6) is -6.46. The van der Waals surface area contributed by atoms with E-state index in [4.69, 9.17) is 10.2 Å². The van der Waals surface area contributed by atoms with Crippen molar-refractivity contribution in [2.24, 2.45) is 0 Å². The van der Waals surface area contributed by atoms with Crippen LogP contribution in [0.3, 0.4) is 0 Å². The summed E-state index contributed by atoms with van der Waals surface area (Å²) in [7, 11) is 0. The van der Waals surface area contributed by atoms with Gasteiger partial charge >= 0.3 is 115 Å². The van der Waals surface area contributed by atoms with Crippen LogP contribution in [0.4, 0.5) is 0 Å². The van der Waals surface area contributed by atoms with Gasteiger partial charge in [0.25, 0.3) is 0 Å². The molecule has 0 spiro atoms. The molecule has 10 heteroatoms. The number of fused-ring (bicyclic) bond motifs is 1. The van der Waals surface area contributed by atoms with Gasteiger partial charge in [-0.1, -0.05) is 0 Å². The van der Waals surface area contributed by atoms with Crippen molar-refractivity contribution in [1.82, 2.24) is 0 Å². The van der Waals surface area contributed by atoms with Crippen LogP contribution < -0.4 is 113 Å². The summed E-state index contributed by atoms with van der Waals surface area (Å²) in [6, 6.07) is 3.37. The summed E-state index contributed by atoms with van der Waals surface area (Å²) in [5, 5.41) is 39.6. The number of carboxylic acids is 4. The topological polar surface area (TPSA) is 155 Å². The van der Waals surface area contributed by atoms with Gasteiger partial charge < -0.3 is 30.0 Å². The predicted molar refractivity (Wildman–Crippen MR) is 66.5 cm³/mol. The molecule has 2 aromatic carbocycles. The van der Waals surface area contributed by atoms with Gasteiger partial charge in [-0.3, -0.25) is 0 Å². The summed E-state index contributed by atoms with van der Waals surface area (Å²) < 4.78 is 0. The molecule has 8 nitrogen and oxygen atoms in total. The molecule has 0 aromatic heterocycles. The van der Waals surface area contributed by atoms with Crippen molar-refractivity contribution in [3.63, 3.8) is 0 Å². The molecule has 24 heavy (non-hydrogen) atoms. The van der Waals surface area contributed by atoms with E-state index in [-0.39, 0.29) is 114 Å². The van der Waals surface area contributed by atoms with E-state index in [0.717, 1.165) is 24.3 Å². The Morgan fingerprint density at radius 2 is 0.958 bits per heavy atom. The molecule has 2 N–H and O–H groups in total. The zero-order valence-electron chi connectivity index (χ0n) is 12.7. The third-order valence-corrected chi connectivity index (χ3v) is 3.00. The summed E-state index contributed by atoms with van der Waals surface area (Å²) in [5.41, 5.74) is -2.17. The summed E-state index contributed by atoms with van der Waals surface area (Å²) in [6.45, 7) is 0. The Kier molecular flexibility index (Phi) is 9.46. The third-order valence-electron chi connectivity index (χ3n) is 3.00. The Labute approximate surface area is 219 Å². The standard InChI is InChI=1S/C14H8O8.2K/c15-11(16)5-1-7-8(10(3-5)14(21)22)2-6(12(17)18)4-9(7)13(19)20;;/h1-4H,(H,15,16)(H,17,18)(H,19,20)(H,21,22);;/q;2*+1/p-2. The normalized spacial score (nSPS) is 9.50. The van der Waals surface area contributed by atoms with Crippen LogP contribution >= 0.6 is 0 Å². The first-order valence-electron chi connectivity index (χ1n) is 5.73. The van der Waals surface area contributed by atoms with Crippen molar-refractivity contribution in [1.29, 1.82) is 0 Å². The molecule has 0 radical (unpaired) electrons. The maximum atomic E-state index is 11.2. The van der Waals surface area contributed by atoms with Gasteiger partial charge in [0.05, 0.1) is 23.1 Å². The zero-order chi connectivity index (χ0) is 16.6. The van der Waals surface area contributed by atoms with E-state index in [9.17, 15) is 29.4 Å². The van der Waals surface area contributed by atoms with Crippen molar-refractivity contribution in [2.75, 3.05) is 0 Å². The van der Waals surface area contributed by atoms with E-state index in [1.165, 1.54) is 0 Å². The summed E-state index contributed by atoms with van der Waals surface area (Å²) in [6.07, 6.45) is 0. The van der Waals surface area contributed by atoms with Crippen LogP contribution in [0.1, 0.15) is 41.4 Å². The SMILES string of the molecule is O=C([O-])c1cc(C(=O)O)c2cc(C(=O)[O-])cc(C(=O)O)c2c1.[K+].[K+]. The molecule has 0 aliphatic carbocycles. The van der Waals surface area contributed by atoms with Gasteiger partial charge in [0.1, 0.15) is 0 Å². The second-order valence-corrected chi connectivity index (χ2v) is 4.33. The quantitative estimate of drug-likeness (QED) is 0.496. The first kappa shape index (κ1) is 23.9. The van der Waals surface area contributed by atoms with Crippen LogP contribution in [0.15, 0.2) is 24.3 Å². The Morgan fingerprint density at radius 1 is 0.667 bits per heavy atom. The van der Waals surface area contributed by atoms with E-state index in [0.29, 0.717) is 0 Å². The molecule has 0 aliphatic heterocycles. The van der Waals surface area contributed by atoms with Crippen LogP contribution in [0, 0.1) is 0 Å². The van der Waals surface area contributed by atoms with Gasteiger partial charge in [-0.15, -0.1) is 0 Å². The average Bonchev–Trinajstić information content (AvgIpc) is 2.44. The fourth-order valence-electron chi connectivity index (χ4n) is 2.05. The fraction of sp³-hybridized carbons (Fsp3) is 0. The monoisotopic (exact) mass is 380 g/mol. The number of carbonyl (C=O) groups is 4. The molecule has 0 unspecified atom stereocenters. The number of benzene rings is 2. The van der Waals surface area contributed by atoms with Crippen LogP contribution in [0.2, 0.25) is 0 Å². The molecule has 0 saturated heterocycles. The van der Waals surface area contributed by atoms with Gasteiger partial charge in [0.2, 0.25) is 0 Å². The van der Waals surface area contributed by atoms with Crippen LogP contribution in [0.25, 0.3) is 10.8 Å². The van der Waals surface area contributed by atoms with Gasteiger partial charge in [0.15, 0.2) is 0 Å². The first-order valence-corrected chi connectivity index (χ1v) is 5.73. The largest absolute Gasteiger partial charge is 1.00 e. The maximum Gasteiger partial charge on any atom is 1.00 e. The van der Waals surface area contributed by atoms with E-state index in [2.05, 4.69) is 0 Å². The molecule has 0 bridgehead atoms. The number of hydrogen-bond donors (Lipinski definition) is 2. The minimum absolute atomic E-state index is 0. The molecule has 2 rings (SSSR count). The zero-order valence-corrected chi connectivity index (χ0v) is 18.9. The molecule has 0 atom stereocenters. The Bertz CT molecular complexity index is 788. The minimum Gasteiger partial charge on any atom is -0.545 e. The Hall–Kier alpha value is -0.147. The smallest absolute Gasteiger partial charge is 0.545 e. The van der Waals surface area contributed by atoms with Crippen molar-refractivity contribution in [2.45, 2.75) is 0 Å². The number of aromatic carboxylic acids is 4. The van der Waals surface area contributed by atoms with E-state index in [1.54, 1.807) is 0 Å². The third kappa shape index (κ3) is 4.94. The Morgan fingerprint density at radius 3 is 1.17 bits per heavy atom. The van der Waals surface area contributed by atoms with Crippen molar-refractivity contribution in [3.8, 4) is 0 Å². The van der Waals surface area contributed by atoms with Crippen molar-refractivity contribution >= 4 is 34.6 Å². The first-order chi connectivity index (χ1) is 10.2. The molecule has 0 aliphatic rings. The maximum absolute atomic E-state index is 11.2. The van der Waals surface area contributed by atoms with Gasteiger partial charge in [-0.05, 0) is 46.2 Å². The molecule has 0 heterocycles. The number of carboxylic acid groups (broad SMARTS) is 4. The van der Waals surface area contributed by atoms with E-state index < -0.39 is 46.1 Å². The van der Waals surface area contributed by atoms with Crippen molar-refractivity contribution in [3.05, 3.63) is 46.5 Å². The summed E-state index contributed by atoms with van der Waals surface area (Å²) in [4.78, 5) is 44.3. The molecule has 112 valence electrons. The second kappa shape index (κ2) is 9.52. The minimum atomic E-state index is -1.69. The van der Waals surface area contributed by atoms with Crippen molar-refractivity contribution < 1.29 is 142 Å². The molecule has 0 fully saturated rings. The average molecular weight is 380 g/mol. The molecule has 0 amide bonds. The van der Waals surface area contributed by atoms with E-state index >= 15 is 0 Å². The van der Waals surface area contributed by atoms with Crippen LogP contribution in [-0.4, -0.2) is 34.1 Å². The van der Waals surface area contributed by atoms with Gasteiger partial charge in [-0.25, -0.2) is 9.59 Å². The molecular weight excluding hydrogens is 374 g/mol. The molecule has 2 aromatic rings.